The third kappa shape index (κ3) is 4.14. The first-order valence-corrected chi connectivity index (χ1v) is 5.82. The average molecular weight is 277 g/mol. The van der Waals surface area contributed by atoms with Gasteiger partial charge in [-0.2, -0.15) is 13.2 Å². The molecular weight excluding hydrogens is 263 g/mol. The molecule has 18 heavy (non-hydrogen) atoms. The molecule has 0 aliphatic heterocycles. The van der Waals surface area contributed by atoms with E-state index in [9.17, 15) is 13.2 Å². The largest absolute Gasteiger partial charge is 0.416 e. The lowest BCUT2D eigenvalue weighted by Crippen LogP contribution is -2.28. The van der Waals surface area contributed by atoms with Crippen LogP contribution in [0.2, 0.25) is 0 Å². The van der Waals surface area contributed by atoms with Crippen molar-refractivity contribution < 1.29 is 13.2 Å². The van der Waals surface area contributed by atoms with E-state index in [1.165, 1.54) is 0 Å². The van der Waals surface area contributed by atoms with Gasteiger partial charge in [0.1, 0.15) is 5.82 Å². The number of alkyl halides is 3. The van der Waals surface area contributed by atoms with E-state index in [2.05, 4.69) is 4.98 Å². The normalized spacial score (nSPS) is 11.3. The Morgan fingerprint density at radius 1 is 1.50 bits per heavy atom. The molecule has 0 atom stereocenters. The van der Waals surface area contributed by atoms with Gasteiger partial charge in [0.15, 0.2) is 0 Å². The highest BCUT2D eigenvalue weighted by Gasteiger charge is 2.31. The number of hydrogen-bond acceptors (Lipinski definition) is 3. The van der Waals surface area contributed by atoms with Gasteiger partial charge in [0.05, 0.1) is 10.6 Å². The minimum atomic E-state index is -4.36. The van der Waals surface area contributed by atoms with Gasteiger partial charge in [0.25, 0.3) is 0 Å². The van der Waals surface area contributed by atoms with Gasteiger partial charge < -0.3 is 10.6 Å². The summed E-state index contributed by atoms with van der Waals surface area (Å²) in [6.45, 7) is 2.83. The average Bonchev–Trinajstić information content (AvgIpc) is 2.29. The second kappa shape index (κ2) is 5.99. The van der Waals surface area contributed by atoms with Gasteiger partial charge in [-0.3, -0.25) is 0 Å². The van der Waals surface area contributed by atoms with Crippen LogP contribution in [0.5, 0.6) is 0 Å². The molecule has 2 N–H and O–H groups in total. The fourth-order valence-corrected chi connectivity index (χ4v) is 1.54. The monoisotopic (exact) mass is 277 g/mol. The van der Waals surface area contributed by atoms with E-state index < -0.39 is 11.7 Å². The number of anilines is 1. The lowest BCUT2D eigenvalue weighted by molar-refractivity contribution is -0.137. The van der Waals surface area contributed by atoms with E-state index in [-0.39, 0.29) is 5.82 Å². The zero-order valence-corrected chi connectivity index (χ0v) is 10.7. The number of rotatable bonds is 5. The Balaban J connectivity index is 2.89. The van der Waals surface area contributed by atoms with Gasteiger partial charge in [-0.15, -0.1) is 0 Å². The molecule has 0 amide bonds. The van der Waals surface area contributed by atoms with Crippen LogP contribution in [0.15, 0.2) is 18.3 Å². The van der Waals surface area contributed by atoms with Crippen LogP contribution in [-0.2, 0) is 6.18 Å². The van der Waals surface area contributed by atoms with Crippen molar-refractivity contribution in [2.75, 3.05) is 18.0 Å². The molecule has 0 saturated carbocycles. The predicted molar refractivity (Wildman–Crippen MR) is 68.5 cm³/mol. The molecule has 0 aliphatic rings. The Kier molecular flexibility index (Phi) is 4.89. The second-order valence-electron chi connectivity index (χ2n) is 3.70. The number of aromatic nitrogens is 1. The van der Waals surface area contributed by atoms with E-state index >= 15 is 0 Å². The second-order valence-corrected chi connectivity index (χ2v) is 4.22. The third-order valence-electron chi connectivity index (χ3n) is 2.41. The Bertz CT molecular complexity index is 420. The molecule has 0 aliphatic carbocycles. The van der Waals surface area contributed by atoms with E-state index in [0.29, 0.717) is 24.5 Å². The van der Waals surface area contributed by atoms with Gasteiger partial charge in [0, 0.05) is 25.7 Å². The number of hydrogen-bond donors (Lipinski definition) is 1. The van der Waals surface area contributed by atoms with Crippen molar-refractivity contribution in [1.29, 1.82) is 0 Å². The number of halogens is 3. The maximum atomic E-state index is 12.6. The van der Waals surface area contributed by atoms with Gasteiger partial charge in [0.2, 0.25) is 0 Å². The summed E-state index contributed by atoms with van der Waals surface area (Å²) in [5.41, 5.74) is 4.67. The molecule has 1 heterocycles. The standard InChI is InChI=1S/C11H14F3N3S/c1-2-17(6-4-9(15)18)10-7-8(3-5-16-10)11(12,13)14/h3,5,7H,2,4,6H2,1H3,(H2,15,18). The van der Waals surface area contributed by atoms with Crippen LogP contribution in [0.1, 0.15) is 18.9 Å². The van der Waals surface area contributed by atoms with Crippen molar-refractivity contribution >= 4 is 23.0 Å². The molecule has 1 aromatic heterocycles. The van der Waals surface area contributed by atoms with Crippen molar-refractivity contribution in [3.8, 4) is 0 Å². The molecule has 0 radical (unpaired) electrons. The molecule has 0 saturated heterocycles. The third-order valence-corrected chi connectivity index (χ3v) is 2.61. The topological polar surface area (TPSA) is 42.1 Å². The van der Waals surface area contributed by atoms with Crippen molar-refractivity contribution in [2.24, 2.45) is 5.73 Å². The van der Waals surface area contributed by atoms with Crippen molar-refractivity contribution in [3.05, 3.63) is 23.9 Å². The number of nitrogens with two attached hydrogens (primary N) is 1. The van der Waals surface area contributed by atoms with Crippen LogP contribution in [-0.4, -0.2) is 23.1 Å². The Morgan fingerprint density at radius 3 is 2.67 bits per heavy atom. The van der Waals surface area contributed by atoms with E-state index in [0.717, 1.165) is 18.3 Å². The van der Waals surface area contributed by atoms with E-state index in [1.807, 2.05) is 6.92 Å². The Hall–Kier alpha value is -1.37. The van der Waals surface area contributed by atoms with Gasteiger partial charge in [-0.1, -0.05) is 12.2 Å². The van der Waals surface area contributed by atoms with Crippen LogP contribution >= 0.6 is 12.2 Å². The summed E-state index contributed by atoms with van der Waals surface area (Å²) in [6, 6.07) is 1.98. The number of nitrogens with zero attached hydrogens (tertiary/aromatic N) is 2. The minimum Gasteiger partial charge on any atom is -0.393 e. The highest BCUT2D eigenvalue weighted by atomic mass is 32.1. The highest BCUT2D eigenvalue weighted by Crippen LogP contribution is 2.30. The summed E-state index contributed by atoms with van der Waals surface area (Å²) >= 11 is 4.75. The first-order valence-electron chi connectivity index (χ1n) is 5.41. The first-order chi connectivity index (χ1) is 8.34. The van der Waals surface area contributed by atoms with Crippen LogP contribution in [0.3, 0.4) is 0 Å². The SMILES string of the molecule is CCN(CCC(N)=S)c1cc(C(F)(F)F)ccn1. The van der Waals surface area contributed by atoms with Crippen LogP contribution in [0.4, 0.5) is 19.0 Å². The van der Waals surface area contributed by atoms with E-state index in [1.54, 1.807) is 4.90 Å². The van der Waals surface area contributed by atoms with Crippen molar-refractivity contribution in [1.82, 2.24) is 4.98 Å². The molecule has 0 aromatic carbocycles. The summed E-state index contributed by atoms with van der Waals surface area (Å²) in [5, 5.41) is 0. The Labute approximate surface area is 109 Å². The zero-order valence-electron chi connectivity index (χ0n) is 9.87. The summed E-state index contributed by atoms with van der Waals surface area (Å²) in [4.78, 5) is 5.98. The fraction of sp³-hybridized carbons (Fsp3) is 0.455. The van der Waals surface area contributed by atoms with Crippen LogP contribution in [0, 0.1) is 0 Å². The molecule has 0 spiro atoms. The van der Waals surface area contributed by atoms with Gasteiger partial charge in [-0.25, -0.2) is 4.98 Å². The predicted octanol–water partition coefficient (Wildman–Crippen LogP) is 2.60. The minimum absolute atomic E-state index is 0.281. The van der Waals surface area contributed by atoms with Crippen LogP contribution < -0.4 is 10.6 Å². The molecule has 0 unspecified atom stereocenters. The number of pyridine rings is 1. The molecule has 0 bridgehead atoms. The Morgan fingerprint density at radius 2 is 2.17 bits per heavy atom. The summed E-state index contributed by atoms with van der Waals surface area (Å²) in [7, 11) is 0. The molecular formula is C11H14F3N3S. The lowest BCUT2D eigenvalue weighted by atomic mass is 10.2. The molecule has 100 valence electrons. The first kappa shape index (κ1) is 14.7. The molecule has 1 aromatic rings. The van der Waals surface area contributed by atoms with Crippen molar-refractivity contribution in [2.45, 2.75) is 19.5 Å². The summed E-state index contributed by atoms with van der Waals surface area (Å²) in [6.07, 6.45) is -2.76. The lowest BCUT2D eigenvalue weighted by Gasteiger charge is -2.22. The fourth-order valence-electron chi connectivity index (χ4n) is 1.45. The number of thiocarbonyl (C=S) groups is 1. The highest BCUT2D eigenvalue weighted by molar-refractivity contribution is 7.80. The maximum absolute atomic E-state index is 12.6. The van der Waals surface area contributed by atoms with Crippen LogP contribution in [0.25, 0.3) is 0 Å². The molecule has 0 fully saturated rings. The summed E-state index contributed by atoms with van der Waals surface area (Å²) < 4.78 is 37.7. The quantitative estimate of drug-likeness (QED) is 0.840. The summed E-state index contributed by atoms with van der Waals surface area (Å²) in [5.74, 6) is 0.281. The van der Waals surface area contributed by atoms with Gasteiger partial charge in [-0.05, 0) is 19.1 Å². The van der Waals surface area contributed by atoms with E-state index in [4.69, 9.17) is 18.0 Å². The van der Waals surface area contributed by atoms with Gasteiger partial charge >= 0.3 is 6.18 Å². The molecule has 7 heteroatoms. The smallest absolute Gasteiger partial charge is 0.393 e. The maximum Gasteiger partial charge on any atom is 0.416 e. The molecule has 1 rings (SSSR count). The zero-order chi connectivity index (χ0) is 13.8. The van der Waals surface area contributed by atoms with Crippen molar-refractivity contribution in [3.63, 3.8) is 0 Å². The molecule has 3 nitrogen and oxygen atoms in total.